The lowest BCUT2D eigenvalue weighted by Crippen LogP contribution is -2.27. The second kappa shape index (κ2) is 8.02. The third-order valence-electron chi connectivity index (χ3n) is 2.55. The van der Waals surface area contributed by atoms with Gasteiger partial charge >= 0.3 is 0 Å². The highest BCUT2D eigenvalue weighted by Crippen LogP contribution is 2.29. The predicted molar refractivity (Wildman–Crippen MR) is 80.4 cm³/mol. The van der Waals surface area contributed by atoms with Crippen LogP contribution in [0.15, 0.2) is 35.2 Å². The molecule has 0 aromatic heterocycles. The topological polar surface area (TPSA) is 73.9 Å². The van der Waals surface area contributed by atoms with Crippen molar-refractivity contribution in [3.63, 3.8) is 0 Å². The Morgan fingerprint density at radius 2 is 1.90 bits per heavy atom. The van der Waals surface area contributed by atoms with Crippen LogP contribution in [0, 0.1) is 0 Å². The molecular formula is C14H21NO5S. The first-order valence-corrected chi connectivity index (χ1v) is 7.83. The van der Waals surface area contributed by atoms with E-state index in [2.05, 4.69) is 11.3 Å². The van der Waals surface area contributed by atoms with Crippen LogP contribution in [0.5, 0.6) is 11.5 Å². The molecule has 0 aliphatic heterocycles. The molecule has 0 aliphatic carbocycles. The van der Waals surface area contributed by atoms with E-state index in [0.29, 0.717) is 18.1 Å². The Kier molecular flexibility index (Phi) is 6.67. The lowest BCUT2D eigenvalue weighted by Gasteiger charge is -2.11. The minimum absolute atomic E-state index is 0.111. The number of sulfonamides is 1. The summed E-state index contributed by atoms with van der Waals surface area (Å²) < 4.78 is 42.1. The van der Waals surface area contributed by atoms with Gasteiger partial charge in [-0.2, -0.15) is 0 Å². The third kappa shape index (κ3) is 5.37. The molecule has 1 N–H and O–H groups in total. The van der Waals surface area contributed by atoms with Gasteiger partial charge in [0.05, 0.1) is 32.3 Å². The summed E-state index contributed by atoms with van der Waals surface area (Å²) in [4.78, 5) is 0.111. The molecule has 0 bridgehead atoms. The Morgan fingerprint density at radius 3 is 2.48 bits per heavy atom. The molecule has 0 unspecified atom stereocenters. The van der Waals surface area contributed by atoms with Crippen LogP contribution in [0.4, 0.5) is 0 Å². The van der Waals surface area contributed by atoms with Crippen LogP contribution in [-0.4, -0.2) is 42.4 Å². The van der Waals surface area contributed by atoms with Gasteiger partial charge in [0.15, 0.2) is 11.5 Å². The van der Waals surface area contributed by atoms with Crippen molar-refractivity contribution in [3.8, 4) is 11.5 Å². The van der Waals surface area contributed by atoms with Crippen LogP contribution in [0.2, 0.25) is 0 Å². The van der Waals surface area contributed by atoms with E-state index in [1.807, 2.05) is 6.92 Å². The van der Waals surface area contributed by atoms with Gasteiger partial charge in [0.1, 0.15) is 0 Å². The van der Waals surface area contributed by atoms with Crippen LogP contribution in [0.25, 0.3) is 0 Å². The van der Waals surface area contributed by atoms with E-state index >= 15 is 0 Å². The van der Waals surface area contributed by atoms with Gasteiger partial charge < -0.3 is 14.2 Å². The van der Waals surface area contributed by atoms with E-state index in [-0.39, 0.29) is 18.0 Å². The number of hydrogen-bond donors (Lipinski definition) is 1. The van der Waals surface area contributed by atoms with Gasteiger partial charge in [-0.3, -0.25) is 0 Å². The van der Waals surface area contributed by atoms with Crippen LogP contribution in [-0.2, 0) is 14.8 Å². The maximum Gasteiger partial charge on any atom is 0.240 e. The molecule has 21 heavy (non-hydrogen) atoms. The van der Waals surface area contributed by atoms with Gasteiger partial charge in [-0.1, -0.05) is 12.2 Å². The van der Waals surface area contributed by atoms with Gasteiger partial charge in [0.2, 0.25) is 10.0 Å². The van der Waals surface area contributed by atoms with E-state index < -0.39 is 10.0 Å². The van der Waals surface area contributed by atoms with Crippen molar-refractivity contribution in [2.45, 2.75) is 11.8 Å². The minimum atomic E-state index is -3.61. The number of rotatable bonds is 9. The zero-order chi connectivity index (χ0) is 15.9. The molecule has 7 heteroatoms. The molecular weight excluding hydrogens is 294 g/mol. The van der Waals surface area contributed by atoms with Crippen molar-refractivity contribution < 1.29 is 22.6 Å². The summed E-state index contributed by atoms with van der Waals surface area (Å²) in [5, 5.41) is 0. The summed E-state index contributed by atoms with van der Waals surface area (Å²) in [5.41, 5.74) is 0.887. The van der Waals surface area contributed by atoms with Gasteiger partial charge in [0, 0.05) is 12.6 Å². The molecule has 0 radical (unpaired) electrons. The Labute approximate surface area is 125 Å². The van der Waals surface area contributed by atoms with Crippen molar-refractivity contribution in [2.75, 3.05) is 34.0 Å². The number of benzene rings is 1. The smallest absolute Gasteiger partial charge is 0.240 e. The molecule has 1 rings (SSSR count). The molecule has 0 amide bonds. The predicted octanol–water partition coefficient (Wildman–Crippen LogP) is 1.57. The van der Waals surface area contributed by atoms with E-state index in [9.17, 15) is 8.42 Å². The number of nitrogens with one attached hydrogen (secondary N) is 1. The van der Waals surface area contributed by atoms with Crippen LogP contribution in [0.3, 0.4) is 0 Å². The van der Waals surface area contributed by atoms with E-state index in [1.54, 1.807) is 6.07 Å². The van der Waals surface area contributed by atoms with Crippen molar-refractivity contribution in [2.24, 2.45) is 0 Å². The van der Waals surface area contributed by atoms with E-state index in [4.69, 9.17) is 14.2 Å². The van der Waals surface area contributed by atoms with Crippen LogP contribution >= 0.6 is 0 Å². The highest BCUT2D eigenvalue weighted by atomic mass is 32.2. The monoisotopic (exact) mass is 315 g/mol. The summed E-state index contributed by atoms with van der Waals surface area (Å²) in [6.45, 7) is 6.41. The van der Waals surface area contributed by atoms with Crippen molar-refractivity contribution >= 4 is 10.0 Å². The highest BCUT2D eigenvalue weighted by Gasteiger charge is 2.16. The van der Waals surface area contributed by atoms with Gasteiger partial charge in [-0.15, -0.1) is 0 Å². The Hall–Kier alpha value is -1.57. The summed E-state index contributed by atoms with van der Waals surface area (Å²) in [7, 11) is -0.666. The molecule has 6 nitrogen and oxygen atoms in total. The molecule has 0 fully saturated rings. The SMILES string of the molecule is C=C(C)COCCNS(=O)(=O)c1ccc(OC)c(OC)c1. The second-order valence-corrected chi connectivity index (χ2v) is 6.19. The molecule has 1 aromatic rings. The zero-order valence-corrected chi connectivity index (χ0v) is 13.3. The molecule has 1 aromatic carbocycles. The zero-order valence-electron chi connectivity index (χ0n) is 12.5. The Balaban J connectivity index is 2.68. The van der Waals surface area contributed by atoms with Crippen LogP contribution in [0.1, 0.15) is 6.92 Å². The standard InChI is InChI=1S/C14H21NO5S/c1-11(2)10-20-8-7-15-21(16,17)12-5-6-13(18-3)14(9-12)19-4/h5-6,9,15H,1,7-8,10H2,2-4H3. The van der Waals surface area contributed by atoms with E-state index in [1.165, 1.54) is 26.4 Å². The number of hydrogen-bond acceptors (Lipinski definition) is 5. The summed E-state index contributed by atoms with van der Waals surface area (Å²) in [6, 6.07) is 4.42. The van der Waals surface area contributed by atoms with Crippen LogP contribution < -0.4 is 14.2 Å². The maximum atomic E-state index is 12.1. The fourth-order valence-corrected chi connectivity index (χ4v) is 2.59. The highest BCUT2D eigenvalue weighted by molar-refractivity contribution is 7.89. The van der Waals surface area contributed by atoms with Gasteiger partial charge in [-0.25, -0.2) is 13.1 Å². The molecule has 0 spiro atoms. The molecule has 0 saturated heterocycles. The quantitative estimate of drug-likeness (QED) is 0.553. The summed E-state index contributed by atoms with van der Waals surface area (Å²) >= 11 is 0. The fraction of sp³-hybridized carbons (Fsp3) is 0.429. The number of ether oxygens (including phenoxy) is 3. The first kappa shape index (κ1) is 17.5. The van der Waals surface area contributed by atoms with Gasteiger partial charge in [0.25, 0.3) is 0 Å². The summed E-state index contributed by atoms with van der Waals surface area (Å²) in [5.74, 6) is 0.833. The normalized spacial score (nSPS) is 11.2. The molecule has 118 valence electrons. The third-order valence-corrected chi connectivity index (χ3v) is 4.01. The minimum Gasteiger partial charge on any atom is -0.493 e. The second-order valence-electron chi connectivity index (χ2n) is 4.42. The number of methoxy groups -OCH3 is 2. The average Bonchev–Trinajstić information content (AvgIpc) is 2.45. The summed E-state index contributed by atoms with van der Waals surface area (Å²) in [6.07, 6.45) is 0. The Bertz CT molecular complexity index is 583. The fourth-order valence-electron chi connectivity index (χ4n) is 1.56. The first-order valence-electron chi connectivity index (χ1n) is 6.34. The molecule has 0 saturated carbocycles. The van der Waals surface area contributed by atoms with E-state index in [0.717, 1.165) is 5.57 Å². The Morgan fingerprint density at radius 1 is 1.24 bits per heavy atom. The largest absolute Gasteiger partial charge is 0.493 e. The molecule has 0 atom stereocenters. The van der Waals surface area contributed by atoms with Gasteiger partial charge in [-0.05, 0) is 19.1 Å². The molecule has 0 heterocycles. The first-order chi connectivity index (χ1) is 9.90. The lowest BCUT2D eigenvalue weighted by atomic mass is 10.3. The van der Waals surface area contributed by atoms with Crippen molar-refractivity contribution in [1.29, 1.82) is 0 Å². The molecule has 0 aliphatic rings. The lowest BCUT2D eigenvalue weighted by molar-refractivity contribution is 0.162. The average molecular weight is 315 g/mol. The van der Waals surface area contributed by atoms with Crippen molar-refractivity contribution in [1.82, 2.24) is 4.72 Å². The maximum absolute atomic E-state index is 12.1. The van der Waals surface area contributed by atoms with Crippen molar-refractivity contribution in [3.05, 3.63) is 30.4 Å².